The van der Waals surface area contributed by atoms with E-state index in [2.05, 4.69) is 0 Å². The number of ether oxygens (including phenoxy) is 2. The summed E-state index contributed by atoms with van der Waals surface area (Å²) in [5.41, 5.74) is 7.87. The third-order valence-electron chi connectivity index (χ3n) is 3.70. The lowest BCUT2D eigenvalue weighted by atomic mass is 9.92. The highest BCUT2D eigenvalue weighted by Crippen LogP contribution is 2.38. The topological polar surface area (TPSA) is 64.7 Å². The minimum atomic E-state index is -0.750. The number of aliphatic hydroxyl groups is 1. The van der Waals surface area contributed by atoms with Gasteiger partial charge in [-0.2, -0.15) is 0 Å². The fraction of sp³-hybridized carbons (Fsp3) is 0.600. The van der Waals surface area contributed by atoms with Gasteiger partial charge in [0.15, 0.2) is 0 Å². The molecule has 19 heavy (non-hydrogen) atoms. The second kappa shape index (κ2) is 5.39. The van der Waals surface area contributed by atoms with E-state index < -0.39 is 6.10 Å². The Morgan fingerprint density at radius 3 is 2.68 bits per heavy atom. The first-order valence-electron chi connectivity index (χ1n) is 6.75. The van der Waals surface area contributed by atoms with Crippen molar-refractivity contribution in [2.24, 2.45) is 11.7 Å². The maximum atomic E-state index is 10.4. The van der Waals surface area contributed by atoms with E-state index in [1.807, 2.05) is 32.9 Å². The fourth-order valence-electron chi connectivity index (χ4n) is 2.43. The van der Waals surface area contributed by atoms with Crippen molar-refractivity contribution >= 4 is 0 Å². The summed E-state index contributed by atoms with van der Waals surface area (Å²) >= 11 is 0. The maximum absolute atomic E-state index is 10.4. The summed E-state index contributed by atoms with van der Waals surface area (Å²) < 4.78 is 11.1. The number of nitrogens with two attached hydrogens (primary N) is 1. The molecule has 0 saturated carbocycles. The smallest absolute Gasteiger partial charge is 0.125 e. The van der Waals surface area contributed by atoms with E-state index in [-0.39, 0.29) is 18.1 Å². The van der Waals surface area contributed by atoms with E-state index in [0.29, 0.717) is 11.3 Å². The van der Waals surface area contributed by atoms with Crippen LogP contribution in [0.4, 0.5) is 0 Å². The molecule has 0 radical (unpaired) electrons. The van der Waals surface area contributed by atoms with Crippen molar-refractivity contribution in [1.82, 2.24) is 0 Å². The minimum absolute atomic E-state index is 0.172. The van der Waals surface area contributed by atoms with Gasteiger partial charge in [-0.05, 0) is 25.0 Å². The third kappa shape index (κ3) is 2.69. The van der Waals surface area contributed by atoms with E-state index in [0.717, 1.165) is 17.7 Å². The van der Waals surface area contributed by atoms with Gasteiger partial charge in [0.05, 0.1) is 13.2 Å². The number of aliphatic hydroxyl groups excluding tert-OH is 1. The maximum Gasteiger partial charge on any atom is 0.125 e. The Morgan fingerprint density at radius 1 is 1.42 bits per heavy atom. The van der Waals surface area contributed by atoms with Gasteiger partial charge < -0.3 is 20.3 Å². The van der Waals surface area contributed by atoms with E-state index in [1.165, 1.54) is 0 Å². The lowest BCUT2D eigenvalue weighted by molar-refractivity contribution is 0.122. The molecule has 1 aliphatic heterocycles. The van der Waals surface area contributed by atoms with Crippen LogP contribution < -0.4 is 15.2 Å². The molecule has 0 aliphatic carbocycles. The van der Waals surface area contributed by atoms with Gasteiger partial charge in [0.25, 0.3) is 0 Å². The van der Waals surface area contributed by atoms with Crippen LogP contribution in [0.3, 0.4) is 0 Å². The summed E-state index contributed by atoms with van der Waals surface area (Å²) in [5, 5.41) is 10.4. The van der Waals surface area contributed by atoms with Crippen LogP contribution in [-0.4, -0.2) is 24.4 Å². The number of rotatable bonds is 4. The Kier molecular flexibility index (Phi) is 4.02. The van der Waals surface area contributed by atoms with Crippen molar-refractivity contribution in [3.8, 4) is 11.5 Å². The Labute approximate surface area is 114 Å². The monoisotopic (exact) mass is 265 g/mol. The van der Waals surface area contributed by atoms with Crippen LogP contribution in [0, 0.1) is 5.92 Å². The second-order valence-corrected chi connectivity index (χ2v) is 5.60. The molecule has 1 aromatic carbocycles. The lowest BCUT2D eigenvalue weighted by Crippen LogP contribution is -2.33. The standard InChI is InChI=1S/C15H23NO3/c1-8(2)14(16)15(17)11-7-12-10(5-9(3)19-12)6-13(11)18-4/h6-9,14-15,17H,5,16H2,1-4H3. The predicted octanol–water partition coefficient (Wildman–Crippen LogP) is 2.04. The molecule has 3 N–H and O–H groups in total. The van der Waals surface area contributed by atoms with Crippen LogP contribution in [-0.2, 0) is 6.42 Å². The van der Waals surface area contributed by atoms with Crippen molar-refractivity contribution < 1.29 is 14.6 Å². The summed E-state index contributed by atoms with van der Waals surface area (Å²) in [6, 6.07) is 3.49. The Bertz CT molecular complexity index is 459. The van der Waals surface area contributed by atoms with Crippen molar-refractivity contribution in [1.29, 1.82) is 0 Å². The van der Waals surface area contributed by atoms with Gasteiger partial charge in [-0.3, -0.25) is 0 Å². The largest absolute Gasteiger partial charge is 0.496 e. The van der Waals surface area contributed by atoms with Crippen LogP contribution in [0.1, 0.15) is 38.0 Å². The molecule has 0 fully saturated rings. The number of hydrogen-bond acceptors (Lipinski definition) is 4. The normalized spacial score (nSPS) is 20.9. The van der Waals surface area contributed by atoms with E-state index >= 15 is 0 Å². The van der Waals surface area contributed by atoms with Crippen LogP contribution >= 0.6 is 0 Å². The molecule has 1 aromatic rings. The molecule has 2 rings (SSSR count). The fourth-order valence-corrected chi connectivity index (χ4v) is 2.43. The molecule has 4 nitrogen and oxygen atoms in total. The molecule has 0 spiro atoms. The number of benzene rings is 1. The minimum Gasteiger partial charge on any atom is -0.496 e. The van der Waals surface area contributed by atoms with E-state index in [1.54, 1.807) is 7.11 Å². The molecule has 0 amide bonds. The van der Waals surface area contributed by atoms with E-state index in [4.69, 9.17) is 15.2 Å². The summed E-state index contributed by atoms with van der Waals surface area (Å²) in [4.78, 5) is 0. The summed E-state index contributed by atoms with van der Waals surface area (Å²) in [6.45, 7) is 6.01. The summed E-state index contributed by atoms with van der Waals surface area (Å²) in [5.74, 6) is 1.70. The van der Waals surface area contributed by atoms with Crippen LogP contribution in [0.2, 0.25) is 0 Å². The molecule has 0 bridgehead atoms. The SMILES string of the molecule is COc1cc2c(cc1C(O)C(N)C(C)C)OC(C)C2. The molecule has 0 saturated heterocycles. The highest BCUT2D eigenvalue weighted by Gasteiger charge is 2.27. The van der Waals surface area contributed by atoms with Gasteiger partial charge in [0, 0.05) is 23.6 Å². The number of methoxy groups -OCH3 is 1. The zero-order valence-electron chi connectivity index (χ0n) is 12.0. The molecule has 1 heterocycles. The van der Waals surface area contributed by atoms with Crippen molar-refractivity contribution in [3.63, 3.8) is 0 Å². The van der Waals surface area contributed by atoms with Crippen molar-refractivity contribution in [3.05, 3.63) is 23.3 Å². The van der Waals surface area contributed by atoms with Gasteiger partial charge in [-0.25, -0.2) is 0 Å². The average molecular weight is 265 g/mol. The first-order chi connectivity index (χ1) is 8.93. The van der Waals surface area contributed by atoms with Gasteiger partial charge in [-0.1, -0.05) is 13.8 Å². The number of fused-ring (bicyclic) bond motifs is 1. The lowest BCUT2D eigenvalue weighted by Gasteiger charge is -2.24. The Hall–Kier alpha value is -1.26. The number of hydrogen-bond donors (Lipinski definition) is 2. The molecule has 3 atom stereocenters. The molecule has 4 heteroatoms. The van der Waals surface area contributed by atoms with Crippen molar-refractivity contribution in [2.45, 2.75) is 45.4 Å². The molecule has 3 unspecified atom stereocenters. The highest BCUT2D eigenvalue weighted by molar-refractivity contribution is 5.49. The van der Waals surface area contributed by atoms with Crippen LogP contribution in [0.25, 0.3) is 0 Å². The second-order valence-electron chi connectivity index (χ2n) is 5.60. The zero-order chi connectivity index (χ0) is 14.2. The van der Waals surface area contributed by atoms with Gasteiger partial charge in [-0.15, -0.1) is 0 Å². The molecular weight excluding hydrogens is 242 g/mol. The Morgan fingerprint density at radius 2 is 2.11 bits per heavy atom. The van der Waals surface area contributed by atoms with Crippen LogP contribution in [0.15, 0.2) is 12.1 Å². The molecule has 106 valence electrons. The zero-order valence-corrected chi connectivity index (χ0v) is 12.0. The average Bonchev–Trinajstić information content (AvgIpc) is 2.74. The third-order valence-corrected chi connectivity index (χ3v) is 3.70. The predicted molar refractivity (Wildman–Crippen MR) is 74.6 cm³/mol. The van der Waals surface area contributed by atoms with Crippen LogP contribution in [0.5, 0.6) is 11.5 Å². The molecule has 0 aromatic heterocycles. The highest BCUT2D eigenvalue weighted by atomic mass is 16.5. The molecule has 1 aliphatic rings. The van der Waals surface area contributed by atoms with Crippen molar-refractivity contribution in [2.75, 3.05) is 7.11 Å². The van der Waals surface area contributed by atoms with Gasteiger partial charge in [0.1, 0.15) is 17.6 Å². The summed E-state index contributed by atoms with van der Waals surface area (Å²) in [7, 11) is 1.61. The summed E-state index contributed by atoms with van der Waals surface area (Å²) in [6.07, 6.45) is 0.295. The molecular formula is C15H23NO3. The van der Waals surface area contributed by atoms with Gasteiger partial charge >= 0.3 is 0 Å². The van der Waals surface area contributed by atoms with Gasteiger partial charge in [0.2, 0.25) is 0 Å². The first-order valence-corrected chi connectivity index (χ1v) is 6.75. The van der Waals surface area contributed by atoms with E-state index in [9.17, 15) is 5.11 Å². The quantitative estimate of drug-likeness (QED) is 0.874. The Balaban J connectivity index is 2.37. The first kappa shape index (κ1) is 14.2.